The van der Waals surface area contributed by atoms with Crippen LogP contribution in [0, 0.1) is 6.92 Å². The highest BCUT2D eigenvalue weighted by atomic mass is 35.5. The Bertz CT molecular complexity index is 462. The van der Waals surface area contributed by atoms with Gasteiger partial charge in [0.15, 0.2) is 11.0 Å². The minimum absolute atomic E-state index is 0.0578. The van der Waals surface area contributed by atoms with Crippen LogP contribution in [0.5, 0.6) is 0 Å². The van der Waals surface area contributed by atoms with E-state index in [4.69, 9.17) is 27.2 Å². The molecule has 2 atom stereocenters. The second-order valence-electron chi connectivity index (χ2n) is 5.40. The Balaban J connectivity index is 0.000000952. The highest BCUT2D eigenvalue weighted by Crippen LogP contribution is 2.29. The van der Waals surface area contributed by atoms with E-state index in [0.717, 1.165) is 19.3 Å². The smallest absolute Gasteiger partial charge is 0.157 e. The lowest BCUT2D eigenvalue weighted by Crippen LogP contribution is -2.20. The summed E-state index contributed by atoms with van der Waals surface area (Å²) >= 11 is 5.93. The van der Waals surface area contributed by atoms with E-state index in [1.54, 1.807) is 6.92 Å². The number of halogens is 1. The van der Waals surface area contributed by atoms with Gasteiger partial charge in [0, 0.05) is 6.04 Å². The van der Waals surface area contributed by atoms with E-state index in [1.807, 2.05) is 0 Å². The Morgan fingerprint density at radius 1 is 1.29 bits per heavy atom. The van der Waals surface area contributed by atoms with Gasteiger partial charge in [-0.1, -0.05) is 31.9 Å². The predicted molar refractivity (Wildman–Crippen MR) is 100 cm³/mol. The molecule has 6 N–H and O–H groups in total. The van der Waals surface area contributed by atoms with Crippen LogP contribution >= 0.6 is 11.6 Å². The van der Waals surface area contributed by atoms with Crippen molar-refractivity contribution in [1.29, 1.82) is 0 Å². The number of nitrogen functional groups attached to an aromatic ring is 1. The summed E-state index contributed by atoms with van der Waals surface area (Å²) in [4.78, 5) is 8.27. The fourth-order valence-corrected chi connectivity index (χ4v) is 2.50. The molecule has 7 nitrogen and oxygen atoms in total. The summed E-state index contributed by atoms with van der Waals surface area (Å²) in [6.07, 6.45) is 4.26. The molecular weight excluding hydrogens is 330 g/mol. The van der Waals surface area contributed by atoms with Crippen molar-refractivity contribution in [1.82, 2.24) is 9.97 Å². The van der Waals surface area contributed by atoms with Crippen molar-refractivity contribution in [3.8, 4) is 0 Å². The average molecular weight is 362 g/mol. The first-order chi connectivity index (χ1) is 11.5. The number of aryl methyl sites for hydroxylation is 1. The summed E-state index contributed by atoms with van der Waals surface area (Å²) < 4.78 is 5.52. The van der Waals surface area contributed by atoms with Crippen LogP contribution in [0.4, 0.5) is 11.5 Å². The number of aliphatic hydroxyl groups excluding tert-OH is 1. The molecule has 1 aromatic heterocycles. The molecule has 1 aliphatic rings. The van der Waals surface area contributed by atoms with Crippen LogP contribution < -0.4 is 16.8 Å². The average Bonchev–Trinajstić information content (AvgIpc) is 3.00. The van der Waals surface area contributed by atoms with Gasteiger partial charge in [-0.05, 0) is 33.2 Å². The number of ether oxygens (including phenoxy) is 1. The van der Waals surface area contributed by atoms with Gasteiger partial charge >= 0.3 is 0 Å². The first-order valence-electron chi connectivity index (χ1n) is 8.38. The van der Waals surface area contributed by atoms with Crippen molar-refractivity contribution in [2.24, 2.45) is 5.73 Å². The van der Waals surface area contributed by atoms with Gasteiger partial charge in [-0.2, -0.15) is 0 Å². The fraction of sp³-hybridized carbons (Fsp3) is 0.750. The Kier molecular flexibility index (Phi) is 12.5. The van der Waals surface area contributed by atoms with Gasteiger partial charge in [-0.15, -0.1) is 0 Å². The number of aromatic nitrogens is 2. The van der Waals surface area contributed by atoms with Crippen LogP contribution in [0.15, 0.2) is 0 Å². The molecule has 1 aromatic rings. The standard InChI is InChI=1S/C12H19ClN4O2.C3H8.CH5N/c1-7-15-11(13)10(14)12(16-7)17-8-2-3-9(6-8)19-5-4-18;1-3-2;1-2/h8-9,18H,2-6,14H2,1H3,(H,15,16,17);3H2,1-2H3;2H2,1H3. The minimum atomic E-state index is 0.0578. The summed E-state index contributed by atoms with van der Waals surface area (Å²) in [6.45, 7) is 6.47. The van der Waals surface area contributed by atoms with Gasteiger partial charge in [0.25, 0.3) is 0 Å². The van der Waals surface area contributed by atoms with Crippen molar-refractivity contribution in [2.45, 2.75) is 58.6 Å². The number of hydrogen-bond donors (Lipinski definition) is 4. The second-order valence-corrected chi connectivity index (χ2v) is 5.76. The molecule has 2 rings (SSSR count). The van der Waals surface area contributed by atoms with E-state index in [0.29, 0.717) is 23.9 Å². The zero-order valence-electron chi connectivity index (χ0n) is 15.2. The first kappa shape index (κ1) is 22.9. The number of nitrogens with two attached hydrogens (primary N) is 2. The maximum Gasteiger partial charge on any atom is 0.157 e. The first-order valence-corrected chi connectivity index (χ1v) is 8.75. The lowest BCUT2D eigenvalue weighted by atomic mass is 10.2. The van der Waals surface area contributed by atoms with Gasteiger partial charge in [-0.25, -0.2) is 9.97 Å². The van der Waals surface area contributed by atoms with Gasteiger partial charge in [0.2, 0.25) is 0 Å². The van der Waals surface area contributed by atoms with E-state index in [1.165, 1.54) is 13.5 Å². The maximum atomic E-state index is 8.74. The highest BCUT2D eigenvalue weighted by molar-refractivity contribution is 6.32. The van der Waals surface area contributed by atoms with E-state index < -0.39 is 0 Å². The number of hydrogen-bond acceptors (Lipinski definition) is 7. The Morgan fingerprint density at radius 3 is 2.50 bits per heavy atom. The minimum Gasteiger partial charge on any atom is -0.394 e. The quantitative estimate of drug-likeness (QED) is 0.594. The summed E-state index contributed by atoms with van der Waals surface area (Å²) in [5, 5.41) is 12.3. The summed E-state index contributed by atoms with van der Waals surface area (Å²) in [5.74, 6) is 1.18. The van der Waals surface area contributed by atoms with E-state index in [-0.39, 0.29) is 23.9 Å². The molecule has 0 aromatic carbocycles. The second kappa shape index (κ2) is 13.2. The Hall–Kier alpha value is -1.15. The molecule has 24 heavy (non-hydrogen) atoms. The summed E-state index contributed by atoms with van der Waals surface area (Å²) in [7, 11) is 1.50. The van der Waals surface area contributed by atoms with Crippen molar-refractivity contribution in [2.75, 3.05) is 31.3 Å². The van der Waals surface area contributed by atoms with E-state index in [2.05, 4.69) is 34.9 Å². The molecule has 8 heteroatoms. The molecule has 0 saturated heterocycles. The molecule has 0 radical (unpaired) electrons. The van der Waals surface area contributed by atoms with Gasteiger partial charge < -0.3 is 26.6 Å². The Labute approximate surface area is 150 Å². The maximum absolute atomic E-state index is 8.74. The van der Waals surface area contributed by atoms with Crippen LogP contribution in [0.1, 0.15) is 45.4 Å². The van der Waals surface area contributed by atoms with Crippen LogP contribution in [0.25, 0.3) is 0 Å². The molecule has 0 aliphatic heterocycles. The lowest BCUT2D eigenvalue weighted by molar-refractivity contribution is 0.0326. The SMILES string of the molecule is CCC.CN.Cc1nc(Cl)c(N)c(NC2CCC(OCCO)C2)n1. The monoisotopic (exact) mass is 361 g/mol. The molecular formula is C16H32ClN5O2. The number of nitrogens with one attached hydrogen (secondary N) is 1. The van der Waals surface area contributed by atoms with E-state index >= 15 is 0 Å². The molecule has 1 saturated carbocycles. The number of aliphatic hydroxyl groups is 1. The van der Waals surface area contributed by atoms with Crippen LogP contribution in [0.3, 0.4) is 0 Å². The lowest BCUT2D eigenvalue weighted by Gasteiger charge is -2.16. The summed E-state index contributed by atoms with van der Waals surface area (Å²) in [5.41, 5.74) is 10.7. The normalized spacial score (nSPS) is 19.0. The van der Waals surface area contributed by atoms with Crippen molar-refractivity contribution >= 4 is 23.1 Å². The molecule has 0 amide bonds. The van der Waals surface area contributed by atoms with Gasteiger partial charge in [0.05, 0.1) is 19.3 Å². The molecule has 0 bridgehead atoms. The zero-order chi connectivity index (χ0) is 18.5. The topological polar surface area (TPSA) is 119 Å². The molecule has 140 valence electrons. The molecule has 0 spiro atoms. The predicted octanol–water partition coefficient (Wildman–Crippen LogP) is 2.35. The number of rotatable bonds is 5. The third-order valence-corrected chi connectivity index (χ3v) is 3.47. The van der Waals surface area contributed by atoms with Crippen molar-refractivity contribution < 1.29 is 9.84 Å². The van der Waals surface area contributed by atoms with Crippen molar-refractivity contribution in [3.63, 3.8) is 0 Å². The summed E-state index contributed by atoms with van der Waals surface area (Å²) in [6, 6.07) is 0.261. The number of nitrogens with zero attached hydrogens (tertiary/aromatic N) is 2. The third-order valence-electron chi connectivity index (χ3n) is 3.18. The van der Waals surface area contributed by atoms with Gasteiger partial charge in [0.1, 0.15) is 11.5 Å². The highest BCUT2D eigenvalue weighted by Gasteiger charge is 2.26. The molecule has 2 unspecified atom stereocenters. The molecule has 1 aliphatic carbocycles. The molecule has 1 fully saturated rings. The van der Waals surface area contributed by atoms with Crippen LogP contribution in [0.2, 0.25) is 5.15 Å². The van der Waals surface area contributed by atoms with E-state index in [9.17, 15) is 0 Å². The van der Waals surface area contributed by atoms with Gasteiger partial charge in [-0.3, -0.25) is 0 Å². The van der Waals surface area contributed by atoms with Crippen molar-refractivity contribution in [3.05, 3.63) is 11.0 Å². The fourth-order valence-electron chi connectivity index (χ4n) is 2.29. The third kappa shape index (κ3) is 8.10. The Morgan fingerprint density at radius 2 is 1.92 bits per heavy atom. The zero-order valence-corrected chi connectivity index (χ0v) is 15.9. The molecule has 1 heterocycles. The van der Waals surface area contributed by atoms with Crippen LogP contribution in [-0.2, 0) is 4.74 Å². The largest absolute Gasteiger partial charge is 0.394 e. The number of anilines is 2. The van der Waals surface area contributed by atoms with Crippen LogP contribution in [-0.4, -0.2) is 47.5 Å².